The topological polar surface area (TPSA) is 92.6 Å². The van der Waals surface area contributed by atoms with Crippen molar-refractivity contribution < 1.29 is 14.6 Å². The van der Waals surface area contributed by atoms with Gasteiger partial charge in [-0.15, -0.1) is 11.8 Å². The van der Waals surface area contributed by atoms with Gasteiger partial charge in [0.05, 0.1) is 25.9 Å². The number of methoxy groups -OCH3 is 1. The van der Waals surface area contributed by atoms with E-state index in [0.717, 1.165) is 5.56 Å². The number of aromatic nitrogens is 2. The molecule has 9 heteroatoms. The molecular formula is C22H17ClN4O3S. The predicted molar refractivity (Wildman–Crippen MR) is 119 cm³/mol. The van der Waals surface area contributed by atoms with Gasteiger partial charge >= 0.3 is 0 Å². The van der Waals surface area contributed by atoms with Crippen LogP contribution in [0, 0.1) is 17.9 Å². The van der Waals surface area contributed by atoms with Gasteiger partial charge in [-0.05, 0) is 23.3 Å². The van der Waals surface area contributed by atoms with Crippen LogP contribution in [0.3, 0.4) is 0 Å². The molecule has 0 aliphatic heterocycles. The van der Waals surface area contributed by atoms with E-state index >= 15 is 0 Å². The Morgan fingerprint density at radius 2 is 2.03 bits per heavy atom. The van der Waals surface area contributed by atoms with E-state index in [1.54, 1.807) is 43.6 Å². The Balaban J connectivity index is 1.97. The molecular weight excluding hydrogens is 436 g/mol. The first-order chi connectivity index (χ1) is 15.1. The Bertz CT molecular complexity index is 1140. The van der Waals surface area contributed by atoms with E-state index in [2.05, 4.69) is 20.9 Å². The van der Waals surface area contributed by atoms with Crippen molar-refractivity contribution in [2.24, 2.45) is 0 Å². The zero-order valence-corrected chi connectivity index (χ0v) is 18.1. The van der Waals surface area contributed by atoms with Gasteiger partial charge in [-0.25, -0.2) is 14.8 Å². The molecule has 2 aromatic heterocycles. The summed E-state index contributed by atoms with van der Waals surface area (Å²) in [4.78, 5) is 12.0. The van der Waals surface area contributed by atoms with Crippen LogP contribution in [0.15, 0.2) is 47.6 Å². The third-order valence-corrected chi connectivity index (χ3v) is 5.51. The third-order valence-electron chi connectivity index (χ3n) is 4.20. The zero-order chi connectivity index (χ0) is 22.2. The van der Waals surface area contributed by atoms with Crippen molar-refractivity contribution in [3.05, 3.63) is 70.3 Å². The maximum atomic E-state index is 9.88. The highest BCUT2D eigenvalue weighted by Gasteiger charge is 2.21. The van der Waals surface area contributed by atoms with E-state index in [0.29, 0.717) is 33.5 Å². The molecule has 0 aliphatic rings. The van der Waals surface area contributed by atoms with Gasteiger partial charge in [0, 0.05) is 23.6 Å². The van der Waals surface area contributed by atoms with Crippen molar-refractivity contribution in [1.29, 1.82) is 5.26 Å². The number of hydrogen-bond donors (Lipinski definition) is 1. The Labute approximate surface area is 189 Å². The highest BCUT2D eigenvalue weighted by molar-refractivity contribution is 7.98. The number of nitriles is 1. The Morgan fingerprint density at radius 3 is 2.61 bits per heavy atom. The number of hydrogen-bond acceptors (Lipinski definition) is 7. The number of ether oxygens (including phenoxy) is 2. The van der Waals surface area contributed by atoms with Crippen molar-refractivity contribution in [3.63, 3.8) is 0 Å². The molecule has 1 aromatic carbocycles. The molecule has 0 unspecified atom stereocenters. The average Bonchev–Trinajstić information content (AvgIpc) is 2.81. The summed E-state index contributed by atoms with van der Waals surface area (Å²) >= 11 is 7.65. The van der Waals surface area contributed by atoms with Crippen LogP contribution in [-0.4, -0.2) is 35.4 Å². The number of halogens is 1. The molecule has 2 heterocycles. The molecule has 1 N–H and O–H groups in total. The van der Waals surface area contributed by atoms with Crippen LogP contribution in [0.5, 0.6) is 11.6 Å². The van der Waals surface area contributed by atoms with Crippen molar-refractivity contribution in [1.82, 2.24) is 9.97 Å². The molecule has 0 aliphatic carbocycles. The second-order valence-electron chi connectivity index (χ2n) is 6.12. The molecule has 0 atom stereocenters. The molecule has 0 saturated heterocycles. The molecule has 0 radical (unpaired) electrons. The largest absolute Gasteiger partial charge is 0.491 e. The fourth-order valence-electron chi connectivity index (χ4n) is 2.77. The van der Waals surface area contributed by atoms with Crippen LogP contribution in [0.4, 0.5) is 5.69 Å². The SMILES string of the molecule is [C-]#[N+]c1c(Cl)nc(SCc2ccc(OC)nc2)c(C#N)c1-c1ccc(OCCO)cc1. The number of aliphatic hydroxyl groups is 1. The van der Waals surface area contributed by atoms with Gasteiger partial charge in [0.25, 0.3) is 0 Å². The minimum atomic E-state index is -0.0908. The van der Waals surface area contributed by atoms with Gasteiger partial charge in [0.15, 0.2) is 0 Å². The number of thioether (sulfide) groups is 1. The second-order valence-corrected chi connectivity index (χ2v) is 7.45. The summed E-state index contributed by atoms with van der Waals surface area (Å²) in [6, 6.07) is 12.7. The molecule has 0 amide bonds. The molecule has 0 fully saturated rings. The van der Waals surface area contributed by atoms with E-state index in [1.807, 2.05) is 6.07 Å². The molecule has 156 valence electrons. The lowest BCUT2D eigenvalue weighted by Gasteiger charge is -2.13. The normalized spacial score (nSPS) is 10.2. The van der Waals surface area contributed by atoms with Crippen LogP contribution in [0.2, 0.25) is 5.15 Å². The lowest BCUT2D eigenvalue weighted by atomic mass is 10.0. The molecule has 0 spiro atoms. The fourth-order valence-corrected chi connectivity index (χ4v) is 3.96. The summed E-state index contributed by atoms with van der Waals surface area (Å²) < 4.78 is 10.4. The minimum Gasteiger partial charge on any atom is -0.491 e. The first-order valence-corrected chi connectivity index (χ1v) is 10.4. The summed E-state index contributed by atoms with van der Waals surface area (Å²) in [6.07, 6.45) is 1.69. The molecule has 31 heavy (non-hydrogen) atoms. The van der Waals surface area contributed by atoms with Gasteiger partial charge in [-0.2, -0.15) is 5.26 Å². The molecule has 0 bridgehead atoms. The highest BCUT2D eigenvalue weighted by Crippen LogP contribution is 2.42. The van der Waals surface area contributed by atoms with Crippen LogP contribution in [0.25, 0.3) is 16.0 Å². The smallest absolute Gasteiger partial charge is 0.232 e. The standard InChI is InChI=1S/C22H17ClN4O3S/c1-25-20-19(15-4-6-16(7-5-15)30-10-9-28)17(11-24)22(27-21(20)23)31-13-14-3-8-18(29-2)26-12-14/h3-8,12,28H,9-10,13H2,2H3. The van der Waals surface area contributed by atoms with E-state index < -0.39 is 0 Å². The minimum absolute atomic E-state index is 0.0416. The van der Waals surface area contributed by atoms with E-state index in [1.165, 1.54) is 11.8 Å². The van der Waals surface area contributed by atoms with Crippen LogP contribution in [-0.2, 0) is 5.75 Å². The van der Waals surface area contributed by atoms with Gasteiger partial charge in [-0.3, -0.25) is 0 Å². The highest BCUT2D eigenvalue weighted by atomic mass is 35.5. The lowest BCUT2D eigenvalue weighted by molar-refractivity contribution is 0.201. The molecule has 7 nitrogen and oxygen atoms in total. The van der Waals surface area contributed by atoms with Crippen LogP contribution < -0.4 is 9.47 Å². The summed E-state index contributed by atoms with van der Waals surface area (Å²) in [5, 5.41) is 19.2. The first kappa shape index (κ1) is 22.4. The quantitative estimate of drug-likeness (QED) is 0.295. The summed E-state index contributed by atoms with van der Waals surface area (Å²) in [5.41, 5.74) is 2.41. The Morgan fingerprint density at radius 1 is 1.26 bits per heavy atom. The number of pyridine rings is 2. The summed E-state index contributed by atoms with van der Waals surface area (Å²) in [5.74, 6) is 1.60. The zero-order valence-electron chi connectivity index (χ0n) is 16.5. The average molecular weight is 453 g/mol. The molecule has 3 aromatic rings. The van der Waals surface area contributed by atoms with Crippen LogP contribution in [0.1, 0.15) is 11.1 Å². The first-order valence-electron chi connectivity index (χ1n) is 9.08. The Hall–Kier alpha value is -3.30. The van der Waals surface area contributed by atoms with Crippen molar-refractivity contribution in [2.75, 3.05) is 20.3 Å². The van der Waals surface area contributed by atoms with Gasteiger partial charge in [0.2, 0.25) is 11.6 Å². The number of rotatable bonds is 8. The second kappa shape index (κ2) is 10.6. The third kappa shape index (κ3) is 5.25. The van der Waals surface area contributed by atoms with Gasteiger partial charge in [0.1, 0.15) is 28.6 Å². The number of nitrogens with zero attached hydrogens (tertiary/aromatic N) is 4. The number of aliphatic hydroxyl groups excluding tert-OH is 1. The van der Waals surface area contributed by atoms with Gasteiger partial charge < -0.3 is 14.6 Å². The van der Waals surface area contributed by atoms with E-state index in [-0.39, 0.29) is 29.6 Å². The maximum Gasteiger partial charge on any atom is 0.232 e. The van der Waals surface area contributed by atoms with Crippen molar-refractivity contribution in [2.45, 2.75) is 10.8 Å². The monoisotopic (exact) mass is 452 g/mol. The Kier molecular flexibility index (Phi) is 7.69. The van der Waals surface area contributed by atoms with Crippen molar-refractivity contribution in [3.8, 4) is 28.8 Å². The molecule has 0 saturated carbocycles. The van der Waals surface area contributed by atoms with Gasteiger partial charge in [-0.1, -0.05) is 29.8 Å². The van der Waals surface area contributed by atoms with Crippen molar-refractivity contribution >= 4 is 29.1 Å². The van der Waals surface area contributed by atoms with E-state index in [9.17, 15) is 5.26 Å². The number of benzene rings is 1. The summed E-state index contributed by atoms with van der Waals surface area (Å²) in [6.45, 7) is 7.62. The fraction of sp³-hybridized carbons (Fsp3) is 0.182. The lowest BCUT2D eigenvalue weighted by Crippen LogP contribution is -2.01. The van der Waals surface area contributed by atoms with Crippen LogP contribution >= 0.6 is 23.4 Å². The molecule has 3 rings (SSSR count). The maximum absolute atomic E-state index is 9.88. The predicted octanol–water partition coefficient (Wildman–Crippen LogP) is 4.89. The van der Waals surface area contributed by atoms with E-state index in [4.69, 9.17) is 32.8 Å². The summed E-state index contributed by atoms with van der Waals surface area (Å²) in [7, 11) is 1.55.